The third-order valence-electron chi connectivity index (χ3n) is 7.12. The van der Waals surface area contributed by atoms with Crippen molar-refractivity contribution in [3.05, 3.63) is 15.9 Å². The highest BCUT2D eigenvalue weighted by molar-refractivity contribution is 7.09. The van der Waals surface area contributed by atoms with Gasteiger partial charge in [0.15, 0.2) is 4.80 Å². The van der Waals surface area contributed by atoms with E-state index in [0.717, 1.165) is 23.8 Å². The van der Waals surface area contributed by atoms with Crippen LogP contribution < -0.4 is 4.80 Å². The van der Waals surface area contributed by atoms with Gasteiger partial charge in [-0.1, -0.05) is 11.3 Å². The molecule has 0 unspecified atom stereocenters. The van der Waals surface area contributed by atoms with Crippen molar-refractivity contribution >= 4 is 17.2 Å². The summed E-state index contributed by atoms with van der Waals surface area (Å²) in [5.41, 5.74) is -5.75. The Labute approximate surface area is 184 Å². The molecule has 0 atom stereocenters. The van der Waals surface area contributed by atoms with Crippen molar-refractivity contribution < 1.29 is 41.0 Å². The number of ether oxygens (including phenoxy) is 1. The number of halogens is 6. The van der Waals surface area contributed by atoms with Crippen LogP contribution in [0.3, 0.4) is 0 Å². The zero-order chi connectivity index (χ0) is 23.5. The number of amides is 1. The molecular weight excluding hydrogens is 462 g/mol. The summed E-state index contributed by atoms with van der Waals surface area (Å²) in [7, 11) is 1.33. The van der Waals surface area contributed by atoms with Gasteiger partial charge in [-0.25, -0.2) is 0 Å². The fraction of sp³-hybridized carbons (Fsp3) is 0.800. The molecule has 0 aliphatic heterocycles. The smallest absolute Gasteiger partial charge is 0.383 e. The summed E-state index contributed by atoms with van der Waals surface area (Å²) < 4.78 is 86.0. The maximum absolute atomic E-state index is 13.4. The number of alkyl halides is 6. The Morgan fingerprint density at radius 1 is 1.12 bits per heavy atom. The zero-order valence-electron chi connectivity index (χ0n) is 17.3. The van der Waals surface area contributed by atoms with Crippen molar-refractivity contribution in [2.75, 3.05) is 13.7 Å². The number of aliphatic hydroxyl groups is 1. The number of carbonyl (C=O) groups excluding carboxylic acids is 1. The van der Waals surface area contributed by atoms with Gasteiger partial charge >= 0.3 is 12.4 Å². The van der Waals surface area contributed by atoms with Crippen molar-refractivity contribution in [3.8, 4) is 0 Å². The first-order valence-electron chi connectivity index (χ1n) is 10.4. The van der Waals surface area contributed by atoms with Crippen LogP contribution in [0.4, 0.5) is 26.3 Å². The molecule has 1 aromatic rings. The summed E-state index contributed by atoms with van der Waals surface area (Å²) in [6, 6.07) is 0. The minimum atomic E-state index is -6.00. The molecule has 4 fully saturated rings. The van der Waals surface area contributed by atoms with E-state index in [4.69, 9.17) is 4.74 Å². The SMILES string of the molecule is COCCn1cc(C(O)(C(F)(F)F)C(F)(F)F)sc1=NC(=O)C12CC3CC(CC(C3)C1)C2. The molecule has 5 rings (SSSR count). The lowest BCUT2D eigenvalue weighted by atomic mass is 9.49. The van der Waals surface area contributed by atoms with Crippen LogP contribution in [-0.4, -0.2) is 41.7 Å². The maximum Gasteiger partial charge on any atom is 0.431 e. The molecule has 0 aromatic carbocycles. The average molecular weight is 486 g/mol. The molecule has 0 radical (unpaired) electrons. The minimum absolute atomic E-state index is 0.0224. The Morgan fingerprint density at radius 2 is 1.62 bits per heavy atom. The molecule has 1 N–H and O–H groups in total. The molecule has 4 aliphatic carbocycles. The van der Waals surface area contributed by atoms with Crippen LogP contribution in [0.1, 0.15) is 43.4 Å². The molecule has 1 amide bonds. The summed E-state index contributed by atoms with van der Waals surface area (Å²) >= 11 is 0.0329. The van der Waals surface area contributed by atoms with E-state index < -0.39 is 34.2 Å². The Hall–Kier alpha value is -1.40. The lowest BCUT2D eigenvalue weighted by molar-refractivity contribution is -0.375. The van der Waals surface area contributed by atoms with Crippen molar-refractivity contribution in [1.82, 2.24) is 4.57 Å². The van der Waals surface area contributed by atoms with E-state index in [1.54, 1.807) is 0 Å². The van der Waals surface area contributed by atoms with Crippen LogP contribution in [-0.2, 0) is 21.7 Å². The third kappa shape index (κ3) is 3.81. The fourth-order valence-corrected chi connectivity index (χ4v) is 7.15. The predicted molar refractivity (Wildman–Crippen MR) is 101 cm³/mol. The van der Waals surface area contributed by atoms with Crippen LogP contribution in [0.2, 0.25) is 0 Å². The third-order valence-corrected chi connectivity index (χ3v) is 8.25. The van der Waals surface area contributed by atoms with Gasteiger partial charge in [0.1, 0.15) is 0 Å². The van der Waals surface area contributed by atoms with Crippen LogP contribution in [0, 0.1) is 23.2 Å². The van der Waals surface area contributed by atoms with Crippen LogP contribution in [0.15, 0.2) is 11.2 Å². The standard InChI is InChI=1S/C20H24F6N2O3S/c1-31-3-2-28-10-14(18(30,19(21,22)23)20(24,25)26)32-16(28)27-15(29)17-7-11-4-12(8-17)6-13(5-11)9-17/h10-13,30H,2-9H2,1H3. The lowest BCUT2D eigenvalue weighted by Gasteiger charge is -2.55. The van der Waals surface area contributed by atoms with Gasteiger partial charge in [0.05, 0.1) is 16.9 Å². The molecule has 4 saturated carbocycles. The van der Waals surface area contributed by atoms with Gasteiger partial charge in [-0.2, -0.15) is 31.3 Å². The number of nitrogens with zero attached hydrogens (tertiary/aromatic N) is 2. The number of thiazole rings is 1. The molecule has 0 spiro atoms. The van der Waals surface area contributed by atoms with Crippen molar-refractivity contribution in [2.24, 2.45) is 28.2 Å². The van der Waals surface area contributed by atoms with E-state index in [9.17, 15) is 36.2 Å². The summed E-state index contributed by atoms with van der Waals surface area (Å²) in [4.78, 5) is 15.6. The van der Waals surface area contributed by atoms with Crippen molar-refractivity contribution in [2.45, 2.75) is 63.0 Å². The first kappa shape index (κ1) is 23.7. The van der Waals surface area contributed by atoms with Gasteiger partial charge in [0.25, 0.3) is 11.5 Å². The van der Waals surface area contributed by atoms with E-state index in [0.29, 0.717) is 43.2 Å². The Kier molecular flexibility index (Phi) is 5.81. The predicted octanol–water partition coefficient (Wildman–Crippen LogP) is 4.15. The number of rotatable bonds is 5. The van der Waals surface area contributed by atoms with Gasteiger partial charge in [-0.15, -0.1) is 0 Å². The normalized spacial score (nSPS) is 30.9. The number of aromatic nitrogens is 1. The van der Waals surface area contributed by atoms with Crippen molar-refractivity contribution in [1.29, 1.82) is 0 Å². The Bertz CT molecular complexity index is 899. The summed E-state index contributed by atoms with van der Waals surface area (Å²) in [6.45, 7) is -0.142. The van der Waals surface area contributed by atoms with Gasteiger partial charge in [0.2, 0.25) is 0 Å². The van der Waals surface area contributed by atoms with Crippen LogP contribution >= 0.6 is 11.3 Å². The van der Waals surface area contributed by atoms with Gasteiger partial charge in [-0.3, -0.25) is 4.79 Å². The van der Waals surface area contributed by atoms with Crippen LogP contribution in [0.25, 0.3) is 0 Å². The van der Waals surface area contributed by atoms with Gasteiger partial charge in [-0.05, 0) is 56.3 Å². The van der Waals surface area contributed by atoms with E-state index in [1.165, 1.54) is 7.11 Å². The molecular formula is C20H24F6N2O3S. The molecule has 5 nitrogen and oxygen atoms in total. The molecule has 180 valence electrons. The first-order chi connectivity index (χ1) is 14.8. The highest BCUT2D eigenvalue weighted by atomic mass is 32.1. The second kappa shape index (κ2) is 7.83. The number of hydrogen-bond acceptors (Lipinski definition) is 4. The molecule has 4 aliphatic rings. The average Bonchev–Trinajstić information content (AvgIpc) is 3.05. The monoisotopic (exact) mass is 486 g/mol. The number of methoxy groups -OCH3 is 1. The minimum Gasteiger partial charge on any atom is -0.383 e. The van der Waals surface area contributed by atoms with E-state index in [-0.39, 0.29) is 29.3 Å². The summed E-state index contributed by atoms with van der Waals surface area (Å²) in [6.07, 6.45) is -6.27. The quantitative estimate of drug-likeness (QED) is 0.636. The van der Waals surface area contributed by atoms with Crippen molar-refractivity contribution in [3.63, 3.8) is 0 Å². The van der Waals surface area contributed by atoms with E-state index in [2.05, 4.69) is 4.99 Å². The second-order valence-corrected chi connectivity index (χ2v) is 10.4. The van der Waals surface area contributed by atoms with E-state index >= 15 is 0 Å². The highest BCUT2D eigenvalue weighted by Gasteiger charge is 2.72. The molecule has 1 aromatic heterocycles. The Morgan fingerprint density at radius 3 is 2.06 bits per heavy atom. The molecule has 32 heavy (non-hydrogen) atoms. The first-order valence-corrected chi connectivity index (χ1v) is 11.3. The maximum atomic E-state index is 13.4. The molecule has 12 heteroatoms. The molecule has 0 saturated heterocycles. The fourth-order valence-electron chi connectivity index (χ4n) is 6.00. The Balaban J connectivity index is 1.76. The zero-order valence-corrected chi connectivity index (χ0v) is 18.1. The number of hydrogen-bond donors (Lipinski definition) is 1. The molecule has 4 bridgehead atoms. The van der Waals surface area contributed by atoms with Gasteiger partial charge in [0, 0.05) is 19.9 Å². The topological polar surface area (TPSA) is 63.8 Å². The largest absolute Gasteiger partial charge is 0.431 e. The van der Waals surface area contributed by atoms with E-state index in [1.807, 2.05) is 0 Å². The van der Waals surface area contributed by atoms with Gasteiger partial charge < -0.3 is 14.4 Å². The highest BCUT2D eigenvalue weighted by Crippen LogP contribution is 2.60. The molecule has 1 heterocycles. The lowest BCUT2D eigenvalue weighted by Crippen LogP contribution is -2.53. The van der Waals surface area contributed by atoms with Crippen LogP contribution in [0.5, 0.6) is 0 Å². The number of carbonyl (C=O) groups is 1. The summed E-state index contributed by atoms with van der Waals surface area (Å²) in [5, 5.41) is 9.77. The second-order valence-electron chi connectivity index (χ2n) is 9.38. The summed E-state index contributed by atoms with van der Waals surface area (Å²) in [5.74, 6) is 0.764.